The molecule has 0 spiro atoms. The minimum atomic E-state index is -0.525. The molecular formula is C16H31N3O2. The number of rotatable bonds is 7. The van der Waals surface area contributed by atoms with Crippen molar-refractivity contribution in [1.82, 2.24) is 10.2 Å². The molecule has 3 N–H and O–H groups in total. The Kier molecular flexibility index (Phi) is 5.63. The summed E-state index contributed by atoms with van der Waals surface area (Å²) in [6.07, 6.45) is 5.39. The first-order valence-corrected chi connectivity index (χ1v) is 8.40. The van der Waals surface area contributed by atoms with E-state index in [2.05, 4.69) is 31.0 Å². The zero-order valence-corrected chi connectivity index (χ0v) is 13.7. The topological polar surface area (TPSA) is 67.6 Å². The Hall–Kier alpha value is -0.650. The van der Waals surface area contributed by atoms with Crippen LogP contribution in [0.1, 0.15) is 52.9 Å². The molecule has 1 heterocycles. The molecule has 1 aliphatic heterocycles. The van der Waals surface area contributed by atoms with Crippen molar-refractivity contribution in [2.24, 2.45) is 5.73 Å². The quantitative estimate of drug-likeness (QED) is 0.742. The second-order valence-electron chi connectivity index (χ2n) is 6.86. The first-order valence-electron chi connectivity index (χ1n) is 8.40. The highest BCUT2D eigenvalue weighted by Gasteiger charge is 2.45. The van der Waals surface area contributed by atoms with Gasteiger partial charge in [0.25, 0.3) is 0 Å². The fourth-order valence-corrected chi connectivity index (χ4v) is 3.90. The molecule has 0 aromatic carbocycles. The van der Waals surface area contributed by atoms with Crippen molar-refractivity contribution in [2.45, 2.75) is 76.6 Å². The SMILES string of the molecule is CCN(CC1CCCO1)C1CCC(NC(C)C)(C(N)=O)C1. The highest BCUT2D eigenvalue weighted by molar-refractivity contribution is 5.85. The summed E-state index contributed by atoms with van der Waals surface area (Å²) >= 11 is 0. The van der Waals surface area contributed by atoms with Crippen molar-refractivity contribution in [3.63, 3.8) is 0 Å². The van der Waals surface area contributed by atoms with Crippen LogP contribution in [0.15, 0.2) is 0 Å². The van der Waals surface area contributed by atoms with Crippen LogP contribution in [-0.4, -0.2) is 54.2 Å². The molecule has 1 saturated heterocycles. The van der Waals surface area contributed by atoms with Gasteiger partial charge in [-0.25, -0.2) is 0 Å². The van der Waals surface area contributed by atoms with Gasteiger partial charge in [0, 0.05) is 25.2 Å². The van der Waals surface area contributed by atoms with Gasteiger partial charge in [-0.3, -0.25) is 9.69 Å². The van der Waals surface area contributed by atoms with Gasteiger partial charge in [0.05, 0.1) is 11.6 Å². The number of likely N-dealkylation sites (N-methyl/N-ethyl adjacent to an activating group) is 1. The molecule has 1 saturated carbocycles. The number of nitrogens with zero attached hydrogens (tertiary/aromatic N) is 1. The van der Waals surface area contributed by atoms with Crippen LogP contribution in [-0.2, 0) is 9.53 Å². The summed E-state index contributed by atoms with van der Waals surface area (Å²) < 4.78 is 5.76. The van der Waals surface area contributed by atoms with Crippen molar-refractivity contribution >= 4 is 5.91 Å². The number of carbonyl (C=O) groups excluding carboxylic acids is 1. The fourth-order valence-electron chi connectivity index (χ4n) is 3.90. The first kappa shape index (κ1) is 16.7. The fraction of sp³-hybridized carbons (Fsp3) is 0.938. The Balaban J connectivity index is 1.98. The van der Waals surface area contributed by atoms with Crippen molar-refractivity contribution in [1.29, 1.82) is 0 Å². The number of ether oxygens (including phenoxy) is 1. The van der Waals surface area contributed by atoms with Crippen molar-refractivity contribution < 1.29 is 9.53 Å². The Labute approximate surface area is 128 Å². The molecule has 3 unspecified atom stereocenters. The van der Waals surface area contributed by atoms with Gasteiger partial charge in [0.2, 0.25) is 5.91 Å². The lowest BCUT2D eigenvalue weighted by atomic mass is 9.95. The Morgan fingerprint density at radius 3 is 2.76 bits per heavy atom. The summed E-state index contributed by atoms with van der Waals surface area (Å²) in [5.41, 5.74) is 5.18. The standard InChI is InChI=1S/C16H31N3O2/c1-4-19(11-14-6-5-9-21-14)13-7-8-16(10-13,15(17)20)18-12(2)3/h12-14,18H,4-11H2,1-3H3,(H2,17,20). The van der Waals surface area contributed by atoms with Gasteiger partial charge in [-0.15, -0.1) is 0 Å². The van der Waals surface area contributed by atoms with Gasteiger partial charge in [0.1, 0.15) is 0 Å². The summed E-state index contributed by atoms with van der Waals surface area (Å²) in [6, 6.07) is 0.697. The Morgan fingerprint density at radius 1 is 1.48 bits per heavy atom. The zero-order chi connectivity index (χ0) is 15.5. The zero-order valence-electron chi connectivity index (χ0n) is 13.7. The Bertz CT molecular complexity index is 355. The second kappa shape index (κ2) is 7.07. The van der Waals surface area contributed by atoms with E-state index in [0.717, 1.165) is 45.4 Å². The summed E-state index contributed by atoms with van der Waals surface area (Å²) in [6.45, 7) is 9.21. The number of nitrogens with two attached hydrogens (primary N) is 1. The van der Waals surface area contributed by atoms with Crippen LogP contribution >= 0.6 is 0 Å². The minimum absolute atomic E-state index is 0.202. The highest BCUT2D eigenvalue weighted by Crippen LogP contribution is 2.34. The summed E-state index contributed by atoms with van der Waals surface area (Å²) in [7, 11) is 0. The lowest BCUT2D eigenvalue weighted by molar-refractivity contribution is -0.124. The first-order chi connectivity index (χ1) is 9.97. The third kappa shape index (κ3) is 3.96. The number of carbonyl (C=O) groups is 1. The lowest BCUT2D eigenvalue weighted by Crippen LogP contribution is -2.57. The highest BCUT2D eigenvalue weighted by atomic mass is 16.5. The van der Waals surface area contributed by atoms with E-state index in [-0.39, 0.29) is 11.9 Å². The number of hydrogen-bond donors (Lipinski definition) is 2. The van der Waals surface area contributed by atoms with Crippen molar-refractivity contribution in [3.05, 3.63) is 0 Å². The molecule has 21 heavy (non-hydrogen) atoms. The molecule has 5 heteroatoms. The molecule has 3 atom stereocenters. The van der Waals surface area contributed by atoms with Crippen LogP contribution in [0.4, 0.5) is 0 Å². The monoisotopic (exact) mass is 297 g/mol. The number of primary amides is 1. The van der Waals surface area contributed by atoms with Gasteiger partial charge < -0.3 is 15.8 Å². The smallest absolute Gasteiger partial charge is 0.237 e. The molecule has 1 amide bonds. The van der Waals surface area contributed by atoms with Crippen LogP contribution in [0.5, 0.6) is 0 Å². The van der Waals surface area contributed by atoms with E-state index >= 15 is 0 Å². The average molecular weight is 297 g/mol. The van der Waals surface area contributed by atoms with Crippen molar-refractivity contribution in [2.75, 3.05) is 19.7 Å². The third-order valence-corrected chi connectivity index (χ3v) is 4.91. The maximum atomic E-state index is 12.0. The van der Waals surface area contributed by atoms with Crippen LogP contribution in [0.3, 0.4) is 0 Å². The van der Waals surface area contributed by atoms with E-state index in [1.54, 1.807) is 0 Å². The van der Waals surface area contributed by atoms with Gasteiger partial charge in [0.15, 0.2) is 0 Å². The molecule has 2 fully saturated rings. The molecule has 5 nitrogen and oxygen atoms in total. The predicted octanol–water partition coefficient (Wildman–Crippen LogP) is 1.26. The average Bonchev–Trinajstić information content (AvgIpc) is 3.05. The molecule has 0 aromatic heterocycles. The van der Waals surface area contributed by atoms with E-state index < -0.39 is 5.54 Å². The predicted molar refractivity (Wildman–Crippen MR) is 84.1 cm³/mol. The molecular weight excluding hydrogens is 266 g/mol. The van der Waals surface area contributed by atoms with E-state index in [0.29, 0.717) is 12.1 Å². The van der Waals surface area contributed by atoms with E-state index in [4.69, 9.17) is 10.5 Å². The normalized spacial score (nSPS) is 33.2. The molecule has 1 aliphatic carbocycles. The van der Waals surface area contributed by atoms with Gasteiger partial charge in [-0.05, 0) is 52.5 Å². The molecule has 2 aliphatic rings. The van der Waals surface area contributed by atoms with Gasteiger partial charge >= 0.3 is 0 Å². The van der Waals surface area contributed by atoms with Gasteiger partial charge in [-0.2, -0.15) is 0 Å². The molecule has 2 rings (SSSR count). The molecule has 0 radical (unpaired) electrons. The molecule has 122 valence electrons. The number of nitrogens with one attached hydrogen (secondary N) is 1. The summed E-state index contributed by atoms with van der Waals surface area (Å²) in [4.78, 5) is 14.5. The second-order valence-corrected chi connectivity index (χ2v) is 6.86. The third-order valence-electron chi connectivity index (χ3n) is 4.91. The van der Waals surface area contributed by atoms with Gasteiger partial charge in [-0.1, -0.05) is 6.92 Å². The minimum Gasteiger partial charge on any atom is -0.377 e. The van der Waals surface area contributed by atoms with E-state index in [1.807, 2.05) is 0 Å². The van der Waals surface area contributed by atoms with Crippen LogP contribution in [0.2, 0.25) is 0 Å². The summed E-state index contributed by atoms with van der Waals surface area (Å²) in [5.74, 6) is -0.202. The number of hydrogen-bond acceptors (Lipinski definition) is 4. The van der Waals surface area contributed by atoms with E-state index in [9.17, 15) is 4.79 Å². The van der Waals surface area contributed by atoms with E-state index in [1.165, 1.54) is 6.42 Å². The maximum Gasteiger partial charge on any atom is 0.237 e. The van der Waals surface area contributed by atoms with Crippen molar-refractivity contribution in [3.8, 4) is 0 Å². The Morgan fingerprint density at radius 2 is 2.24 bits per heavy atom. The number of amides is 1. The van der Waals surface area contributed by atoms with Crippen LogP contribution in [0.25, 0.3) is 0 Å². The maximum absolute atomic E-state index is 12.0. The van der Waals surface area contributed by atoms with Crippen LogP contribution in [0, 0.1) is 0 Å². The molecule has 0 bridgehead atoms. The molecule has 0 aromatic rings. The summed E-state index contributed by atoms with van der Waals surface area (Å²) in [5, 5.41) is 3.42. The largest absolute Gasteiger partial charge is 0.377 e. The lowest BCUT2D eigenvalue weighted by Gasteiger charge is -2.33. The van der Waals surface area contributed by atoms with Crippen LogP contribution < -0.4 is 11.1 Å².